The van der Waals surface area contributed by atoms with Gasteiger partial charge in [0, 0.05) is 10.0 Å². The highest BCUT2D eigenvalue weighted by atomic mass is 79.9. The molecular weight excluding hydrogens is 376 g/mol. The maximum absolute atomic E-state index is 11.9. The van der Waals surface area contributed by atoms with Crippen LogP contribution in [0.5, 0.6) is 11.5 Å². The van der Waals surface area contributed by atoms with Crippen LogP contribution in [0.15, 0.2) is 46.9 Å². The fourth-order valence-corrected chi connectivity index (χ4v) is 2.30. The van der Waals surface area contributed by atoms with Gasteiger partial charge in [0.1, 0.15) is 0 Å². The van der Waals surface area contributed by atoms with Crippen LogP contribution in [0.2, 0.25) is 0 Å². The summed E-state index contributed by atoms with van der Waals surface area (Å²) >= 11 is 3.28. The number of nitrogens with one attached hydrogen (secondary N) is 2. The van der Waals surface area contributed by atoms with Gasteiger partial charge in [0.15, 0.2) is 18.1 Å². The van der Waals surface area contributed by atoms with Crippen LogP contribution in [-0.4, -0.2) is 25.5 Å². The van der Waals surface area contributed by atoms with Crippen molar-refractivity contribution in [1.29, 1.82) is 0 Å². The SMILES string of the molecule is COc1cc(C)ccc1OCC(=O)NNC(=O)c1cccc(Br)c1. The molecule has 2 aromatic rings. The first-order chi connectivity index (χ1) is 11.5. The van der Waals surface area contributed by atoms with Crippen LogP contribution >= 0.6 is 15.9 Å². The van der Waals surface area contributed by atoms with Crippen molar-refractivity contribution >= 4 is 27.7 Å². The number of benzene rings is 2. The molecule has 0 unspecified atom stereocenters. The molecule has 0 saturated carbocycles. The predicted molar refractivity (Wildman–Crippen MR) is 93.0 cm³/mol. The fourth-order valence-electron chi connectivity index (χ4n) is 1.90. The molecule has 0 bridgehead atoms. The minimum Gasteiger partial charge on any atom is -0.493 e. The average Bonchev–Trinajstić information content (AvgIpc) is 2.58. The molecule has 2 rings (SSSR count). The smallest absolute Gasteiger partial charge is 0.276 e. The molecule has 0 aliphatic carbocycles. The van der Waals surface area contributed by atoms with E-state index in [4.69, 9.17) is 9.47 Å². The molecule has 0 aliphatic rings. The Bertz CT molecular complexity index is 749. The number of ether oxygens (including phenoxy) is 2. The van der Waals surface area contributed by atoms with E-state index >= 15 is 0 Å². The average molecular weight is 393 g/mol. The maximum atomic E-state index is 11.9. The summed E-state index contributed by atoms with van der Waals surface area (Å²) in [6.45, 7) is 1.68. The highest BCUT2D eigenvalue weighted by molar-refractivity contribution is 9.10. The molecule has 2 amide bonds. The number of amides is 2. The number of hydrogen-bond acceptors (Lipinski definition) is 4. The Morgan fingerprint density at radius 1 is 1.08 bits per heavy atom. The van der Waals surface area contributed by atoms with Crippen LogP contribution in [0.25, 0.3) is 0 Å². The molecule has 2 N–H and O–H groups in total. The van der Waals surface area contributed by atoms with Crippen LogP contribution in [0.4, 0.5) is 0 Å². The van der Waals surface area contributed by atoms with Gasteiger partial charge in [-0.2, -0.15) is 0 Å². The Hall–Kier alpha value is -2.54. The van der Waals surface area contributed by atoms with Crippen LogP contribution in [0.3, 0.4) is 0 Å². The molecular formula is C17H17BrN2O4. The number of methoxy groups -OCH3 is 1. The first-order valence-corrected chi connectivity index (χ1v) is 7.91. The molecule has 0 saturated heterocycles. The van der Waals surface area contributed by atoms with Crippen LogP contribution in [-0.2, 0) is 4.79 Å². The van der Waals surface area contributed by atoms with Crippen molar-refractivity contribution in [3.63, 3.8) is 0 Å². The van der Waals surface area contributed by atoms with E-state index in [1.807, 2.05) is 19.1 Å². The third kappa shape index (κ3) is 4.99. The standard InChI is InChI=1S/C17H17BrN2O4/c1-11-6-7-14(15(8-11)23-2)24-10-16(21)19-20-17(22)12-4-3-5-13(18)9-12/h3-9H,10H2,1-2H3,(H,19,21)(H,20,22). The van der Waals surface area contributed by atoms with E-state index in [9.17, 15) is 9.59 Å². The van der Waals surface area contributed by atoms with Gasteiger partial charge >= 0.3 is 0 Å². The van der Waals surface area contributed by atoms with E-state index in [-0.39, 0.29) is 6.61 Å². The van der Waals surface area contributed by atoms with Crippen LogP contribution in [0.1, 0.15) is 15.9 Å². The highest BCUT2D eigenvalue weighted by Gasteiger charge is 2.10. The number of rotatable bonds is 5. The number of carbonyl (C=O) groups is 2. The largest absolute Gasteiger partial charge is 0.493 e. The van der Waals surface area contributed by atoms with Crippen molar-refractivity contribution in [2.75, 3.05) is 13.7 Å². The van der Waals surface area contributed by atoms with E-state index in [1.165, 1.54) is 7.11 Å². The van der Waals surface area contributed by atoms with Gasteiger partial charge < -0.3 is 9.47 Å². The summed E-state index contributed by atoms with van der Waals surface area (Å²) in [7, 11) is 1.53. The Kier molecular flexibility index (Phi) is 6.20. The van der Waals surface area contributed by atoms with E-state index in [1.54, 1.807) is 30.3 Å². The second-order valence-corrected chi connectivity index (χ2v) is 5.87. The van der Waals surface area contributed by atoms with Crippen LogP contribution in [0, 0.1) is 6.92 Å². The third-order valence-corrected chi connectivity index (χ3v) is 3.57. The summed E-state index contributed by atoms with van der Waals surface area (Å²) in [5.74, 6) is 0.0936. The molecule has 0 spiro atoms. The number of carbonyl (C=O) groups excluding carboxylic acids is 2. The Morgan fingerprint density at radius 2 is 1.88 bits per heavy atom. The van der Waals surface area contributed by atoms with E-state index < -0.39 is 11.8 Å². The van der Waals surface area contributed by atoms with Crippen molar-refractivity contribution in [3.05, 3.63) is 58.1 Å². The lowest BCUT2D eigenvalue weighted by molar-refractivity contribution is -0.123. The summed E-state index contributed by atoms with van der Waals surface area (Å²) in [5, 5.41) is 0. The Morgan fingerprint density at radius 3 is 2.58 bits per heavy atom. The zero-order chi connectivity index (χ0) is 17.5. The van der Waals surface area contributed by atoms with E-state index in [0.717, 1.165) is 10.0 Å². The minimum atomic E-state index is -0.485. The Balaban J connectivity index is 1.85. The van der Waals surface area contributed by atoms with Crippen molar-refractivity contribution < 1.29 is 19.1 Å². The Labute approximate surface area is 148 Å². The monoisotopic (exact) mass is 392 g/mol. The quantitative estimate of drug-likeness (QED) is 0.766. The molecule has 0 aromatic heterocycles. The normalized spacial score (nSPS) is 9.96. The van der Waals surface area contributed by atoms with Crippen molar-refractivity contribution in [2.45, 2.75) is 6.92 Å². The van der Waals surface area contributed by atoms with Gasteiger partial charge in [0.05, 0.1) is 7.11 Å². The minimum absolute atomic E-state index is 0.252. The summed E-state index contributed by atoms with van der Waals surface area (Å²) in [6.07, 6.45) is 0. The van der Waals surface area contributed by atoms with Crippen molar-refractivity contribution in [3.8, 4) is 11.5 Å². The lowest BCUT2D eigenvalue weighted by atomic mass is 10.2. The van der Waals surface area contributed by atoms with Crippen molar-refractivity contribution in [1.82, 2.24) is 10.9 Å². The molecule has 0 heterocycles. The maximum Gasteiger partial charge on any atom is 0.276 e. The van der Waals surface area contributed by atoms with Gasteiger partial charge in [-0.1, -0.05) is 28.1 Å². The molecule has 0 radical (unpaired) electrons. The van der Waals surface area contributed by atoms with Crippen LogP contribution < -0.4 is 20.3 Å². The third-order valence-electron chi connectivity index (χ3n) is 3.08. The first-order valence-electron chi connectivity index (χ1n) is 7.12. The van der Waals surface area contributed by atoms with E-state index in [2.05, 4.69) is 26.8 Å². The predicted octanol–water partition coefficient (Wildman–Crippen LogP) is 2.61. The molecule has 0 fully saturated rings. The number of halogens is 1. The number of hydrazine groups is 1. The first kappa shape index (κ1) is 17.8. The summed E-state index contributed by atoms with van der Waals surface area (Å²) in [5.41, 5.74) is 6.07. The van der Waals surface area contributed by atoms with E-state index in [0.29, 0.717) is 17.1 Å². The lowest BCUT2D eigenvalue weighted by Crippen LogP contribution is -2.43. The zero-order valence-corrected chi connectivity index (χ0v) is 14.8. The molecule has 2 aromatic carbocycles. The number of hydrogen-bond donors (Lipinski definition) is 2. The highest BCUT2D eigenvalue weighted by Crippen LogP contribution is 2.27. The molecule has 126 valence electrons. The molecule has 6 nitrogen and oxygen atoms in total. The molecule has 7 heteroatoms. The molecule has 24 heavy (non-hydrogen) atoms. The lowest BCUT2D eigenvalue weighted by Gasteiger charge is -2.12. The van der Waals surface area contributed by atoms with Gasteiger partial charge in [-0.3, -0.25) is 20.4 Å². The summed E-state index contributed by atoms with van der Waals surface area (Å²) in [6, 6.07) is 12.2. The van der Waals surface area contributed by atoms with Gasteiger partial charge in [-0.25, -0.2) is 0 Å². The fraction of sp³-hybridized carbons (Fsp3) is 0.176. The molecule has 0 atom stereocenters. The summed E-state index contributed by atoms with van der Waals surface area (Å²) in [4.78, 5) is 23.7. The van der Waals surface area contributed by atoms with Gasteiger partial charge in [-0.05, 0) is 42.8 Å². The second kappa shape index (κ2) is 8.35. The van der Waals surface area contributed by atoms with Gasteiger partial charge in [-0.15, -0.1) is 0 Å². The topological polar surface area (TPSA) is 76.7 Å². The van der Waals surface area contributed by atoms with Gasteiger partial charge in [0.2, 0.25) is 0 Å². The summed E-state index contributed by atoms with van der Waals surface area (Å²) < 4.78 is 11.4. The zero-order valence-electron chi connectivity index (χ0n) is 13.3. The van der Waals surface area contributed by atoms with Gasteiger partial charge in [0.25, 0.3) is 11.8 Å². The second-order valence-electron chi connectivity index (χ2n) is 4.96. The molecule has 0 aliphatic heterocycles. The number of aryl methyl sites for hydroxylation is 1. The van der Waals surface area contributed by atoms with Crippen molar-refractivity contribution in [2.24, 2.45) is 0 Å².